The van der Waals surface area contributed by atoms with E-state index in [1.165, 1.54) is 38.6 Å². The molecule has 1 unspecified atom stereocenters. The molecule has 0 radical (unpaired) electrons. The van der Waals surface area contributed by atoms with Crippen molar-refractivity contribution < 1.29 is 9.84 Å². The van der Waals surface area contributed by atoms with Crippen molar-refractivity contribution in [1.29, 1.82) is 0 Å². The van der Waals surface area contributed by atoms with Crippen molar-refractivity contribution in [2.75, 3.05) is 46.4 Å². The summed E-state index contributed by atoms with van der Waals surface area (Å²) in [6.45, 7) is 5.78. The van der Waals surface area contributed by atoms with Crippen molar-refractivity contribution >= 4 is 6.08 Å². The maximum Gasteiger partial charge on any atom is 0.126 e. The molecule has 1 atom stereocenters. The number of piperazine rings is 1. The van der Waals surface area contributed by atoms with E-state index in [-0.39, 0.29) is 6.61 Å². The highest BCUT2D eigenvalue weighted by molar-refractivity contribution is 5.57. The number of benzene rings is 1. The molecule has 0 aromatic heterocycles. The summed E-state index contributed by atoms with van der Waals surface area (Å²) in [7, 11) is 1.72. The second-order valence-corrected chi connectivity index (χ2v) is 8.07. The molecule has 1 saturated heterocycles. The van der Waals surface area contributed by atoms with E-state index in [1.54, 1.807) is 7.11 Å². The molecule has 0 amide bonds. The number of nitrogens with zero attached hydrogens (tertiary/aromatic N) is 2. The third kappa shape index (κ3) is 6.06. The Morgan fingerprint density at radius 1 is 1.15 bits per heavy atom. The summed E-state index contributed by atoms with van der Waals surface area (Å²) >= 11 is 0. The molecule has 4 nitrogen and oxygen atoms in total. The topological polar surface area (TPSA) is 35.9 Å². The van der Waals surface area contributed by atoms with E-state index < -0.39 is 0 Å². The quantitative estimate of drug-likeness (QED) is 0.755. The normalized spacial score (nSPS) is 23.1. The van der Waals surface area contributed by atoms with Gasteiger partial charge in [-0.3, -0.25) is 9.80 Å². The van der Waals surface area contributed by atoms with Crippen LogP contribution in [0.2, 0.25) is 0 Å². The predicted molar refractivity (Wildman–Crippen MR) is 112 cm³/mol. The first kappa shape index (κ1) is 20.4. The first-order valence-electron chi connectivity index (χ1n) is 10.7. The SMILES string of the molecule is COc1ccccc1C=CCN1CCN(CC2CCCCC2)C(CCO)C1. The van der Waals surface area contributed by atoms with Gasteiger partial charge in [0.05, 0.1) is 7.11 Å². The molecule has 1 aliphatic heterocycles. The summed E-state index contributed by atoms with van der Waals surface area (Å²) in [5.41, 5.74) is 1.13. The molecule has 1 aromatic carbocycles. The van der Waals surface area contributed by atoms with Crippen molar-refractivity contribution in [3.63, 3.8) is 0 Å². The summed E-state index contributed by atoms with van der Waals surface area (Å²) in [4.78, 5) is 5.18. The fourth-order valence-electron chi connectivity index (χ4n) is 4.62. The van der Waals surface area contributed by atoms with Gasteiger partial charge in [0.1, 0.15) is 5.75 Å². The van der Waals surface area contributed by atoms with E-state index >= 15 is 0 Å². The van der Waals surface area contributed by atoms with Gasteiger partial charge in [-0.1, -0.05) is 49.6 Å². The Balaban J connectivity index is 1.52. The van der Waals surface area contributed by atoms with E-state index in [9.17, 15) is 5.11 Å². The van der Waals surface area contributed by atoms with Gasteiger partial charge in [0.2, 0.25) is 0 Å². The summed E-state index contributed by atoms with van der Waals surface area (Å²) in [6.07, 6.45) is 12.3. The fraction of sp³-hybridized carbons (Fsp3) is 0.652. The predicted octanol–water partition coefficient (Wildman–Crippen LogP) is 3.66. The standard InChI is InChI=1S/C23H36N2O2/c1-27-23-12-6-5-10-21(23)11-7-14-24-15-16-25(22(19-24)13-17-26)18-20-8-3-2-4-9-20/h5-7,10-12,20,22,26H,2-4,8-9,13-19H2,1H3. The molecule has 27 heavy (non-hydrogen) atoms. The lowest BCUT2D eigenvalue weighted by molar-refractivity contribution is 0.0485. The molecule has 1 N–H and O–H groups in total. The number of aliphatic hydroxyl groups excluding tert-OH is 1. The van der Waals surface area contributed by atoms with Crippen molar-refractivity contribution in [2.45, 2.75) is 44.6 Å². The number of ether oxygens (including phenoxy) is 1. The maximum absolute atomic E-state index is 9.54. The molecule has 2 fully saturated rings. The minimum absolute atomic E-state index is 0.288. The van der Waals surface area contributed by atoms with Crippen LogP contribution >= 0.6 is 0 Å². The molecule has 150 valence electrons. The summed E-state index contributed by atoms with van der Waals surface area (Å²) in [6, 6.07) is 8.63. The molecular formula is C23H36N2O2. The van der Waals surface area contributed by atoms with Crippen LogP contribution in [0.15, 0.2) is 30.3 Å². The molecular weight excluding hydrogens is 336 g/mol. The Labute approximate surface area is 164 Å². The van der Waals surface area contributed by atoms with Gasteiger partial charge in [-0.15, -0.1) is 0 Å². The Kier molecular flexibility index (Phi) is 8.18. The van der Waals surface area contributed by atoms with Crippen molar-refractivity contribution in [1.82, 2.24) is 9.80 Å². The van der Waals surface area contributed by atoms with E-state index in [0.29, 0.717) is 6.04 Å². The first-order valence-corrected chi connectivity index (χ1v) is 10.7. The molecule has 3 rings (SSSR count). The Morgan fingerprint density at radius 2 is 1.96 bits per heavy atom. The van der Waals surface area contributed by atoms with Gasteiger partial charge in [0.25, 0.3) is 0 Å². The molecule has 0 bridgehead atoms. The van der Waals surface area contributed by atoms with Gasteiger partial charge in [0.15, 0.2) is 0 Å². The second kappa shape index (κ2) is 10.8. The Morgan fingerprint density at radius 3 is 2.74 bits per heavy atom. The number of hydrogen-bond donors (Lipinski definition) is 1. The molecule has 0 spiro atoms. The average molecular weight is 373 g/mol. The summed E-state index contributed by atoms with van der Waals surface area (Å²) in [5, 5.41) is 9.54. The number of hydrogen-bond acceptors (Lipinski definition) is 4. The molecule has 1 aromatic rings. The van der Waals surface area contributed by atoms with Gasteiger partial charge < -0.3 is 9.84 Å². The molecule has 2 aliphatic rings. The first-order chi connectivity index (χ1) is 13.3. The van der Waals surface area contributed by atoms with Crippen LogP contribution in [0.3, 0.4) is 0 Å². The zero-order valence-electron chi connectivity index (χ0n) is 16.9. The van der Waals surface area contributed by atoms with Crippen LogP contribution in [0.5, 0.6) is 5.75 Å². The zero-order valence-corrected chi connectivity index (χ0v) is 16.9. The van der Waals surface area contributed by atoms with Crippen molar-refractivity contribution in [2.24, 2.45) is 5.92 Å². The molecule has 1 aliphatic carbocycles. The molecule has 4 heteroatoms. The molecule has 1 saturated carbocycles. The van der Waals surface area contributed by atoms with Gasteiger partial charge >= 0.3 is 0 Å². The van der Waals surface area contributed by atoms with Gasteiger partial charge in [0, 0.05) is 50.9 Å². The van der Waals surface area contributed by atoms with Gasteiger partial charge in [-0.05, 0) is 31.2 Å². The number of para-hydroxylation sites is 1. The monoisotopic (exact) mass is 372 g/mol. The Bertz CT molecular complexity index is 583. The second-order valence-electron chi connectivity index (χ2n) is 8.07. The highest BCUT2D eigenvalue weighted by Crippen LogP contribution is 2.26. The van der Waals surface area contributed by atoms with E-state index in [1.807, 2.05) is 18.2 Å². The molecule has 1 heterocycles. The van der Waals surface area contributed by atoms with Crippen molar-refractivity contribution in [3.05, 3.63) is 35.9 Å². The number of methoxy groups -OCH3 is 1. The number of aliphatic hydroxyl groups is 1. The fourth-order valence-corrected chi connectivity index (χ4v) is 4.62. The van der Waals surface area contributed by atoms with Crippen LogP contribution < -0.4 is 4.74 Å². The Hall–Kier alpha value is -1.36. The van der Waals surface area contributed by atoms with E-state index in [4.69, 9.17) is 4.74 Å². The smallest absolute Gasteiger partial charge is 0.126 e. The van der Waals surface area contributed by atoms with E-state index in [2.05, 4.69) is 28.0 Å². The summed E-state index contributed by atoms with van der Waals surface area (Å²) in [5.74, 6) is 1.79. The van der Waals surface area contributed by atoms with Crippen LogP contribution in [0.1, 0.15) is 44.1 Å². The highest BCUT2D eigenvalue weighted by atomic mass is 16.5. The minimum Gasteiger partial charge on any atom is -0.496 e. The van der Waals surface area contributed by atoms with Crippen LogP contribution in [-0.2, 0) is 0 Å². The van der Waals surface area contributed by atoms with Crippen molar-refractivity contribution in [3.8, 4) is 5.75 Å². The average Bonchev–Trinajstić information content (AvgIpc) is 2.71. The maximum atomic E-state index is 9.54. The van der Waals surface area contributed by atoms with Gasteiger partial charge in [-0.2, -0.15) is 0 Å². The zero-order chi connectivity index (χ0) is 18.9. The van der Waals surface area contributed by atoms with Gasteiger partial charge in [-0.25, -0.2) is 0 Å². The minimum atomic E-state index is 0.288. The number of rotatable bonds is 8. The largest absolute Gasteiger partial charge is 0.496 e. The highest BCUT2D eigenvalue weighted by Gasteiger charge is 2.28. The lowest BCUT2D eigenvalue weighted by Gasteiger charge is -2.43. The van der Waals surface area contributed by atoms with Crippen LogP contribution in [0.25, 0.3) is 6.08 Å². The van der Waals surface area contributed by atoms with Crippen LogP contribution in [0, 0.1) is 5.92 Å². The lowest BCUT2D eigenvalue weighted by Crippen LogP contribution is -2.54. The third-order valence-electron chi connectivity index (χ3n) is 6.17. The van der Waals surface area contributed by atoms with Crippen LogP contribution in [-0.4, -0.2) is 67.4 Å². The lowest BCUT2D eigenvalue weighted by atomic mass is 9.88. The third-order valence-corrected chi connectivity index (χ3v) is 6.17. The van der Waals surface area contributed by atoms with Crippen LogP contribution in [0.4, 0.5) is 0 Å². The van der Waals surface area contributed by atoms with E-state index in [0.717, 1.165) is 49.8 Å². The summed E-state index contributed by atoms with van der Waals surface area (Å²) < 4.78 is 5.42.